The van der Waals surface area contributed by atoms with Crippen LogP contribution in [0.5, 0.6) is 0 Å². The van der Waals surface area contributed by atoms with E-state index in [9.17, 15) is 0 Å². The third kappa shape index (κ3) is 4.85. The Morgan fingerprint density at radius 2 is 0.923 bits per heavy atom. The van der Waals surface area contributed by atoms with Crippen LogP contribution in [0.25, 0.3) is 65.7 Å². The highest BCUT2D eigenvalue weighted by atomic mass is 15.1. The maximum absolute atomic E-state index is 2.40. The second kappa shape index (κ2) is 11.8. The minimum atomic E-state index is -0.0822. The Kier molecular flexibility index (Phi) is 6.91. The summed E-state index contributed by atoms with van der Waals surface area (Å²) in [4.78, 5) is 2.37. The van der Waals surface area contributed by atoms with Crippen LogP contribution in [-0.2, 0) is 5.41 Å². The summed E-state index contributed by atoms with van der Waals surface area (Å²) < 4.78 is 0. The largest absolute Gasteiger partial charge is 0.310 e. The van der Waals surface area contributed by atoms with Crippen LogP contribution < -0.4 is 4.90 Å². The summed E-state index contributed by atoms with van der Waals surface area (Å²) in [5.41, 5.74) is 13.9. The molecule has 0 unspecified atom stereocenters. The van der Waals surface area contributed by atoms with Crippen LogP contribution in [0.2, 0.25) is 0 Å². The fraction of sp³-hybridized carbons (Fsp3) is 0.0588. The van der Waals surface area contributed by atoms with Crippen LogP contribution in [0.3, 0.4) is 0 Å². The molecule has 0 heterocycles. The van der Waals surface area contributed by atoms with E-state index in [0.717, 1.165) is 17.1 Å². The van der Waals surface area contributed by atoms with E-state index in [0.29, 0.717) is 0 Å². The van der Waals surface area contributed by atoms with Crippen molar-refractivity contribution < 1.29 is 0 Å². The smallest absolute Gasteiger partial charge is 0.0468 e. The molecular formula is C51H37N. The van der Waals surface area contributed by atoms with Gasteiger partial charge in [0.05, 0.1) is 0 Å². The Morgan fingerprint density at radius 3 is 1.65 bits per heavy atom. The lowest BCUT2D eigenvalue weighted by Crippen LogP contribution is -2.15. The minimum Gasteiger partial charge on any atom is -0.310 e. The van der Waals surface area contributed by atoms with Crippen molar-refractivity contribution in [3.63, 3.8) is 0 Å². The van der Waals surface area contributed by atoms with Crippen molar-refractivity contribution in [1.29, 1.82) is 0 Å². The van der Waals surface area contributed by atoms with E-state index in [1.165, 1.54) is 76.8 Å². The zero-order valence-corrected chi connectivity index (χ0v) is 29.3. The first-order valence-electron chi connectivity index (χ1n) is 18.2. The molecule has 0 N–H and O–H groups in total. The second-order valence-corrected chi connectivity index (χ2v) is 14.6. The van der Waals surface area contributed by atoms with Gasteiger partial charge in [-0.1, -0.05) is 147 Å². The summed E-state index contributed by atoms with van der Waals surface area (Å²) >= 11 is 0. The van der Waals surface area contributed by atoms with Crippen molar-refractivity contribution in [2.24, 2.45) is 0 Å². The van der Waals surface area contributed by atoms with Crippen molar-refractivity contribution in [3.05, 3.63) is 199 Å². The molecular weight excluding hydrogens is 627 g/mol. The van der Waals surface area contributed by atoms with Crippen LogP contribution in [0.4, 0.5) is 17.1 Å². The monoisotopic (exact) mass is 663 g/mol. The Labute approximate surface area is 305 Å². The summed E-state index contributed by atoms with van der Waals surface area (Å²) in [6.45, 7) is 4.76. The predicted molar refractivity (Wildman–Crippen MR) is 222 cm³/mol. The lowest BCUT2D eigenvalue weighted by atomic mass is 9.79. The Morgan fingerprint density at radius 1 is 0.365 bits per heavy atom. The van der Waals surface area contributed by atoms with Crippen LogP contribution in [0, 0.1) is 0 Å². The number of benzene rings is 9. The van der Waals surface area contributed by atoms with Crippen molar-refractivity contribution in [2.45, 2.75) is 19.3 Å². The Bertz CT molecular complexity index is 2810. The van der Waals surface area contributed by atoms with Gasteiger partial charge >= 0.3 is 0 Å². The van der Waals surface area contributed by atoms with Crippen molar-refractivity contribution >= 4 is 49.4 Å². The average Bonchev–Trinajstić information content (AvgIpc) is 3.45. The summed E-state index contributed by atoms with van der Waals surface area (Å²) in [6, 6.07) is 69.0. The quantitative estimate of drug-likeness (QED) is 0.177. The van der Waals surface area contributed by atoms with Crippen LogP contribution >= 0.6 is 0 Å². The van der Waals surface area contributed by atoms with E-state index in [1.807, 2.05) is 0 Å². The molecule has 52 heavy (non-hydrogen) atoms. The predicted octanol–water partition coefficient (Wildman–Crippen LogP) is 14.3. The van der Waals surface area contributed by atoms with Gasteiger partial charge in [0.1, 0.15) is 0 Å². The van der Waals surface area contributed by atoms with Crippen LogP contribution in [0.1, 0.15) is 25.0 Å². The number of hydrogen-bond acceptors (Lipinski definition) is 1. The van der Waals surface area contributed by atoms with E-state index in [1.54, 1.807) is 0 Å². The topological polar surface area (TPSA) is 3.24 Å². The molecule has 0 fully saturated rings. The van der Waals surface area contributed by atoms with E-state index in [2.05, 4.69) is 207 Å². The van der Waals surface area contributed by atoms with Gasteiger partial charge in [-0.2, -0.15) is 0 Å². The molecule has 9 aromatic rings. The summed E-state index contributed by atoms with van der Waals surface area (Å²) in [6.07, 6.45) is 0. The van der Waals surface area contributed by atoms with Gasteiger partial charge in [-0.25, -0.2) is 0 Å². The van der Waals surface area contributed by atoms with Gasteiger partial charge in [0, 0.05) is 22.5 Å². The van der Waals surface area contributed by atoms with Crippen LogP contribution in [-0.4, -0.2) is 0 Å². The number of hydrogen-bond donors (Lipinski definition) is 0. The summed E-state index contributed by atoms with van der Waals surface area (Å²) in [7, 11) is 0. The van der Waals surface area contributed by atoms with Crippen molar-refractivity contribution in [3.8, 4) is 33.4 Å². The second-order valence-electron chi connectivity index (χ2n) is 14.6. The molecule has 1 aliphatic rings. The Hall–Kier alpha value is -6.44. The highest BCUT2D eigenvalue weighted by molar-refractivity contribution is 6.06. The molecule has 1 aliphatic carbocycles. The van der Waals surface area contributed by atoms with Gasteiger partial charge in [0.25, 0.3) is 0 Å². The van der Waals surface area contributed by atoms with E-state index in [-0.39, 0.29) is 5.41 Å². The molecule has 0 saturated heterocycles. The highest BCUT2D eigenvalue weighted by Gasteiger charge is 2.38. The first-order valence-corrected chi connectivity index (χ1v) is 18.2. The van der Waals surface area contributed by atoms with Gasteiger partial charge < -0.3 is 4.90 Å². The van der Waals surface area contributed by atoms with E-state index >= 15 is 0 Å². The number of nitrogens with zero attached hydrogens (tertiary/aromatic N) is 1. The third-order valence-corrected chi connectivity index (χ3v) is 11.1. The molecule has 0 saturated carbocycles. The molecule has 0 aromatic heterocycles. The fourth-order valence-corrected chi connectivity index (χ4v) is 8.63. The van der Waals surface area contributed by atoms with E-state index < -0.39 is 0 Å². The molecule has 1 nitrogen and oxygen atoms in total. The molecule has 0 aliphatic heterocycles. The number of rotatable bonds is 5. The van der Waals surface area contributed by atoms with Crippen molar-refractivity contribution in [2.75, 3.05) is 4.90 Å². The van der Waals surface area contributed by atoms with Crippen LogP contribution in [0.15, 0.2) is 188 Å². The van der Waals surface area contributed by atoms with Gasteiger partial charge in [-0.3, -0.25) is 0 Å². The minimum absolute atomic E-state index is 0.0822. The lowest BCUT2D eigenvalue weighted by Gasteiger charge is -2.26. The van der Waals surface area contributed by atoms with Crippen molar-refractivity contribution in [1.82, 2.24) is 0 Å². The van der Waals surface area contributed by atoms with E-state index in [4.69, 9.17) is 0 Å². The molecule has 246 valence electrons. The van der Waals surface area contributed by atoms with Gasteiger partial charge in [-0.05, 0) is 131 Å². The molecule has 9 aromatic carbocycles. The molecule has 0 spiro atoms. The molecule has 0 bridgehead atoms. The molecule has 1 heteroatoms. The molecule has 0 atom stereocenters. The standard InChI is InChI=1S/C51H37N/c1-51(2)48-20-12-11-19-46(48)49-47(33-40-15-9-10-18-45(40)50(49)51)41-24-23-39-32-44(28-26-37(39)30-41)52(42-16-7-4-8-17-42)43-27-25-36-29-35(21-22-38(36)31-43)34-13-5-3-6-14-34/h3-33H,1-2H3. The lowest BCUT2D eigenvalue weighted by molar-refractivity contribution is 0.666. The highest BCUT2D eigenvalue weighted by Crippen LogP contribution is 2.55. The molecule has 10 rings (SSSR count). The maximum Gasteiger partial charge on any atom is 0.0468 e. The molecule has 0 amide bonds. The SMILES string of the molecule is CC1(C)c2ccccc2-c2c(-c3ccc4cc(N(c5ccccc5)c5ccc6cc(-c7ccccc7)ccc6c5)ccc4c3)cc3ccccc3c21. The van der Waals surface area contributed by atoms with Gasteiger partial charge in [-0.15, -0.1) is 0 Å². The summed E-state index contributed by atoms with van der Waals surface area (Å²) in [5.74, 6) is 0. The van der Waals surface area contributed by atoms with Gasteiger partial charge in [0.15, 0.2) is 0 Å². The molecule has 0 radical (unpaired) electrons. The maximum atomic E-state index is 2.40. The zero-order valence-electron chi connectivity index (χ0n) is 29.3. The fourth-order valence-electron chi connectivity index (χ4n) is 8.63. The Balaban J connectivity index is 1.08. The first-order chi connectivity index (χ1) is 25.5. The third-order valence-electron chi connectivity index (χ3n) is 11.1. The number of fused-ring (bicyclic) bond motifs is 7. The average molecular weight is 664 g/mol. The number of para-hydroxylation sites is 1. The normalized spacial score (nSPS) is 13.0. The zero-order chi connectivity index (χ0) is 34.8. The van der Waals surface area contributed by atoms with Gasteiger partial charge in [0.2, 0.25) is 0 Å². The first kappa shape index (κ1) is 30.4. The summed E-state index contributed by atoms with van der Waals surface area (Å²) in [5, 5.41) is 7.53. The number of anilines is 3.